The number of hydrogen-bond acceptors (Lipinski definition) is 8. The van der Waals surface area contributed by atoms with E-state index in [0.717, 1.165) is 0 Å². The van der Waals surface area contributed by atoms with Gasteiger partial charge in [0.2, 0.25) is 0 Å². The minimum Gasteiger partial charge on any atom is -0.368 e. The van der Waals surface area contributed by atoms with E-state index in [0.29, 0.717) is 0 Å². The Balaban J connectivity index is 2.23. The van der Waals surface area contributed by atoms with Crippen molar-refractivity contribution in [3.8, 4) is 0 Å². The highest BCUT2D eigenvalue weighted by atomic mass is 16.7. The Morgan fingerprint density at radius 1 is 0.955 bits per heavy atom. The van der Waals surface area contributed by atoms with Crippen LogP contribution in [0.1, 0.15) is 12.0 Å². The molecule has 2 aliphatic rings. The fourth-order valence-electron chi connectivity index (χ4n) is 2.77. The summed E-state index contributed by atoms with van der Waals surface area (Å²) in [4.78, 5) is 0. The summed E-state index contributed by atoms with van der Waals surface area (Å²) in [5.41, 5.74) is -5.53. The summed E-state index contributed by atoms with van der Waals surface area (Å²) in [5.74, 6) is -3.39. The molecule has 0 spiro atoms. The maximum Gasteiger partial charge on any atom is 0.307 e. The van der Waals surface area contributed by atoms with Crippen LogP contribution < -0.4 is 0 Å². The molecule has 0 bridgehead atoms. The van der Waals surface area contributed by atoms with E-state index >= 15 is 0 Å². The Kier molecular flexibility index (Phi) is 3.17. The number of hydroxylamine groups is 4. The number of aliphatic hydroxyl groups is 4. The zero-order chi connectivity index (χ0) is 16.2. The van der Waals surface area contributed by atoms with E-state index in [1.165, 1.54) is 42.5 Å². The highest BCUT2D eigenvalue weighted by molar-refractivity contribution is 5.34. The molecule has 22 heavy (non-hydrogen) atoms. The van der Waals surface area contributed by atoms with Crippen molar-refractivity contribution >= 4 is 0 Å². The first kappa shape index (κ1) is 15.1. The topological polar surface area (TPSA) is 128 Å². The number of nitrogens with zero attached hydrogens (tertiary/aromatic N) is 2. The van der Waals surface area contributed by atoms with Crippen LogP contribution in [-0.2, 0) is 5.72 Å². The second kappa shape index (κ2) is 4.61. The van der Waals surface area contributed by atoms with Crippen molar-refractivity contribution < 1.29 is 30.8 Å². The van der Waals surface area contributed by atoms with Crippen LogP contribution in [0, 0.1) is 0 Å². The molecule has 6 N–H and O–H groups in total. The molecule has 0 radical (unpaired) electrons. The molecule has 1 heterocycles. The van der Waals surface area contributed by atoms with E-state index in [1.807, 2.05) is 0 Å². The molecule has 0 amide bonds. The van der Waals surface area contributed by atoms with Crippen LogP contribution in [-0.4, -0.2) is 52.6 Å². The van der Waals surface area contributed by atoms with Gasteiger partial charge in [0.05, 0.1) is 5.70 Å². The van der Waals surface area contributed by atoms with Crippen LogP contribution in [0.3, 0.4) is 0 Å². The van der Waals surface area contributed by atoms with E-state index in [-0.39, 0.29) is 27.8 Å². The second-order valence-electron chi connectivity index (χ2n) is 5.30. The average Bonchev–Trinajstić information content (AvgIpc) is 2.52. The third-order valence-electron chi connectivity index (χ3n) is 4.03. The standard InChI is InChI=1S/C14H16N2O6/c17-12-9-5-4-8-11(12)15(21)13(18,14(19,20)16(12)22)10-6-2-1-3-7-10/h1-8,17-22H,9H2. The van der Waals surface area contributed by atoms with Gasteiger partial charge in [0.1, 0.15) is 0 Å². The van der Waals surface area contributed by atoms with Crippen LogP contribution in [0.2, 0.25) is 0 Å². The number of rotatable bonds is 1. The normalized spacial score (nSPS) is 34.3. The second-order valence-corrected chi connectivity index (χ2v) is 5.30. The third kappa shape index (κ3) is 1.65. The molecule has 1 aromatic rings. The lowest BCUT2D eigenvalue weighted by Crippen LogP contribution is -2.78. The van der Waals surface area contributed by atoms with Crippen molar-refractivity contribution in [1.29, 1.82) is 0 Å². The van der Waals surface area contributed by atoms with Crippen LogP contribution in [0.15, 0.2) is 54.3 Å². The highest BCUT2D eigenvalue weighted by Crippen LogP contribution is 2.49. The van der Waals surface area contributed by atoms with Crippen LogP contribution >= 0.6 is 0 Å². The Bertz CT molecular complexity index is 646. The molecule has 2 unspecified atom stereocenters. The molecule has 2 atom stereocenters. The number of benzene rings is 1. The summed E-state index contributed by atoms with van der Waals surface area (Å²) in [6, 6.07) is 7.32. The fraction of sp³-hybridized carbons (Fsp3) is 0.286. The lowest BCUT2D eigenvalue weighted by Gasteiger charge is -2.57. The number of hydrogen-bond donors (Lipinski definition) is 6. The number of piperazine rings is 1. The van der Waals surface area contributed by atoms with Gasteiger partial charge < -0.3 is 25.6 Å². The molecule has 1 aliphatic heterocycles. The zero-order valence-electron chi connectivity index (χ0n) is 11.4. The molecule has 1 saturated heterocycles. The van der Waals surface area contributed by atoms with Crippen molar-refractivity contribution in [2.75, 3.05) is 0 Å². The molecular formula is C14H16N2O6. The van der Waals surface area contributed by atoms with E-state index in [2.05, 4.69) is 0 Å². The zero-order valence-corrected chi connectivity index (χ0v) is 11.4. The summed E-state index contributed by atoms with van der Waals surface area (Å²) in [7, 11) is 0. The minimum absolute atomic E-state index is 0.0981. The largest absolute Gasteiger partial charge is 0.368 e. The molecule has 1 fully saturated rings. The van der Waals surface area contributed by atoms with Crippen molar-refractivity contribution in [2.24, 2.45) is 0 Å². The lowest BCUT2D eigenvalue weighted by atomic mass is 9.87. The molecule has 0 saturated carbocycles. The first-order chi connectivity index (χ1) is 10.3. The Hall–Kier alpha value is -1.78. The van der Waals surface area contributed by atoms with E-state index in [1.54, 1.807) is 6.07 Å². The summed E-state index contributed by atoms with van der Waals surface area (Å²) in [6.07, 6.45) is 3.98. The van der Waals surface area contributed by atoms with Crippen molar-refractivity contribution in [1.82, 2.24) is 10.1 Å². The van der Waals surface area contributed by atoms with Gasteiger partial charge in [-0.2, -0.15) is 0 Å². The van der Waals surface area contributed by atoms with Crippen LogP contribution in [0.5, 0.6) is 0 Å². The van der Waals surface area contributed by atoms with Crippen molar-refractivity contribution in [3.05, 3.63) is 59.8 Å². The maximum absolute atomic E-state index is 10.8. The predicted molar refractivity (Wildman–Crippen MR) is 71.5 cm³/mol. The number of fused-ring (bicyclic) bond motifs is 1. The van der Waals surface area contributed by atoms with E-state index in [9.17, 15) is 30.8 Å². The maximum atomic E-state index is 10.8. The quantitative estimate of drug-likeness (QED) is 0.380. The number of allylic oxidation sites excluding steroid dienone is 2. The fourth-order valence-corrected chi connectivity index (χ4v) is 2.77. The molecule has 1 aliphatic carbocycles. The molecular weight excluding hydrogens is 292 g/mol. The molecule has 118 valence electrons. The van der Waals surface area contributed by atoms with Crippen LogP contribution in [0.25, 0.3) is 0 Å². The Labute approximate surface area is 125 Å². The highest BCUT2D eigenvalue weighted by Gasteiger charge is 2.69. The van der Waals surface area contributed by atoms with Crippen LogP contribution in [0.4, 0.5) is 0 Å². The smallest absolute Gasteiger partial charge is 0.307 e. The molecule has 1 aromatic carbocycles. The van der Waals surface area contributed by atoms with Gasteiger partial charge in [-0.3, -0.25) is 5.21 Å². The van der Waals surface area contributed by atoms with Gasteiger partial charge in [-0.25, -0.2) is 5.06 Å². The molecule has 8 heteroatoms. The summed E-state index contributed by atoms with van der Waals surface area (Å²) in [6.45, 7) is 0. The SMILES string of the molecule is ON1C2(O)CC=CC=C2N(O)C(O)(c2ccccc2)C1(O)O. The van der Waals surface area contributed by atoms with Gasteiger partial charge in [-0.05, 0) is 6.08 Å². The third-order valence-corrected chi connectivity index (χ3v) is 4.03. The summed E-state index contributed by atoms with van der Waals surface area (Å²) in [5, 5.41) is 62.2. The Morgan fingerprint density at radius 2 is 1.59 bits per heavy atom. The minimum atomic E-state index is -3.39. The van der Waals surface area contributed by atoms with Crippen molar-refractivity contribution in [3.63, 3.8) is 0 Å². The lowest BCUT2D eigenvalue weighted by molar-refractivity contribution is -0.532. The summed E-state index contributed by atoms with van der Waals surface area (Å²) < 4.78 is 0. The van der Waals surface area contributed by atoms with Gasteiger partial charge in [0.25, 0.3) is 5.72 Å². The predicted octanol–water partition coefficient (Wildman–Crippen LogP) is -0.601. The van der Waals surface area contributed by atoms with Crippen molar-refractivity contribution in [2.45, 2.75) is 23.8 Å². The molecule has 0 aromatic heterocycles. The molecule has 3 rings (SSSR count). The van der Waals surface area contributed by atoms with Gasteiger partial charge >= 0.3 is 5.91 Å². The van der Waals surface area contributed by atoms with Gasteiger partial charge in [-0.15, -0.1) is 0 Å². The average molecular weight is 308 g/mol. The molecule has 8 nitrogen and oxygen atoms in total. The van der Waals surface area contributed by atoms with Gasteiger partial charge in [0.15, 0.2) is 5.72 Å². The first-order valence-electron chi connectivity index (χ1n) is 6.57. The Morgan fingerprint density at radius 3 is 2.23 bits per heavy atom. The first-order valence-corrected chi connectivity index (χ1v) is 6.57. The van der Waals surface area contributed by atoms with E-state index < -0.39 is 17.4 Å². The monoisotopic (exact) mass is 308 g/mol. The van der Waals surface area contributed by atoms with Gasteiger partial charge in [-0.1, -0.05) is 47.5 Å². The van der Waals surface area contributed by atoms with Gasteiger partial charge in [0, 0.05) is 12.0 Å². The summed E-state index contributed by atoms with van der Waals surface area (Å²) >= 11 is 0. The van der Waals surface area contributed by atoms with E-state index in [4.69, 9.17) is 0 Å².